The second kappa shape index (κ2) is 7.52. The van der Waals surface area contributed by atoms with Crippen molar-refractivity contribution in [3.05, 3.63) is 23.8 Å². The highest BCUT2D eigenvalue weighted by Crippen LogP contribution is 2.35. The number of carbonyl (C=O) groups excluding carboxylic acids is 1. The summed E-state index contributed by atoms with van der Waals surface area (Å²) in [6.07, 6.45) is 0.652. The molecule has 1 atom stereocenters. The monoisotopic (exact) mass is 349 g/mol. The van der Waals surface area contributed by atoms with Crippen LogP contribution in [0.2, 0.25) is 0 Å². The van der Waals surface area contributed by atoms with Crippen LogP contribution in [0, 0.1) is 5.92 Å². The van der Waals surface area contributed by atoms with E-state index in [4.69, 9.17) is 9.47 Å². The fraction of sp³-hybridized carbons (Fsp3) is 0.467. The van der Waals surface area contributed by atoms with Crippen LogP contribution in [-0.4, -0.2) is 52.1 Å². The number of thioether (sulfide) groups is 1. The van der Waals surface area contributed by atoms with E-state index < -0.39 is 0 Å². The number of para-hydroxylation sites is 1. The van der Waals surface area contributed by atoms with Crippen LogP contribution < -0.4 is 14.8 Å². The van der Waals surface area contributed by atoms with Gasteiger partial charge < -0.3 is 14.8 Å². The summed E-state index contributed by atoms with van der Waals surface area (Å²) in [7, 11) is 3.40. The summed E-state index contributed by atoms with van der Waals surface area (Å²) >= 11 is 1.50. The summed E-state index contributed by atoms with van der Waals surface area (Å²) in [5.74, 6) is 1.97. The van der Waals surface area contributed by atoms with Gasteiger partial charge in [0.2, 0.25) is 11.1 Å². The lowest BCUT2D eigenvalue weighted by Gasteiger charge is -2.25. The van der Waals surface area contributed by atoms with Crippen molar-refractivity contribution in [1.82, 2.24) is 25.5 Å². The lowest BCUT2D eigenvalue weighted by atomic mass is 9.95. The SMILES string of the molecule is COc1cccc2c1OC[C@H](C(=O)NCCSc1nnnn1C)C2. The van der Waals surface area contributed by atoms with Gasteiger partial charge in [0, 0.05) is 19.3 Å². The van der Waals surface area contributed by atoms with E-state index in [-0.39, 0.29) is 11.8 Å². The van der Waals surface area contributed by atoms with Crippen molar-refractivity contribution in [2.45, 2.75) is 11.6 Å². The Labute approximate surface area is 143 Å². The number of ether oxygens (including phenoxy) is 2. The summed E-state index contributed by atoms with van der Waals surface area (Å²) in [5.41, 5.74) is 1.00. The number of amides is 1. The van der Waals surface area contributed by atoms with Crippen LogP contribution in [0.1, 0.15) is 5.56 Å². The molecule has 0 unspecified atom stereocenters. The minimum Gasteiger partial charge on any atom is -0.493 e. The number of aryl methyl sites for hydroxylation is 1. The molecular weight excluding hydrogens is 330 g/mol. The van der Waals surface area contributed by atoms with Gasteiger partial charge in [-0.25, -0.2) is 4.68 Å². The van der Waals surface area contributed by atoms with Gasteiger partial charge in [-0.2, -0.15) is 0 Å². The molecule has 1 aliphatic heterocycles. The van der Waals surface area contributed by atoms with Crippen LogP contribution in [0.25, 0.3) is 0 Å². The van der Waals surface area contributed by atoms with Crippen molar-refractivity contribution >= 4 is 17.7 Å². The molecule has 0 fully saturated rings. The molecule has 24 heavy (non-hydrogen) atoms. The van der Waals surface area contributed by atoms with Crippen molar-refractivity contribution in [2.75, 3.05) is 26.0 Å². The Hall–Kier alpha value is -2.29. The Morgan fingerprint density at radius 1 is 1.54 bits per heavy atom. The minimum atomic E-state index is -0.189. The predicted molar refractivity (Wildman–Crippen MR) is 88.2 cm³/mol. The summed E-state index contributed by atoms with van der Waals surface area (Å²) < 4.78 is 12.6. The first kappa shape index (κ1) is 16.6. The van der Waals surface area contributed by atoms with Crippen LogP contribution in [-0.2, 0) is 18.3 Å². The summed E-state index contributed by atoms with van der Waals surface area (Å²) in [6.45, 7) is 0.914. The molecular formula is C15H19N5O3S. The van der Waals surface area contributed by atoms with Crippen LogP contribution in [0.15, 0.2) is 23.4 Å². The first-order chi connectivity index (χ1) is 11.7. The van der Waals surface area contributed by atoms with Crippen LogP contribution in [0.3, 0.4) is 0 Å². The molecule has 0 aliphatic carbocycles. The van der Waals surface area contributed by atoms with E-state index in [0.717, 1.165) is 16.5 Å². The van der Waals surface area contributed by atoms with Crippen LogP contribution >= 0.6 is 11.8 Å². The number of fused-ring (bicyclic) bond motifs is 1. The lowest BCUT2D eigenvalue weighted by Crippen LogP contribution is -2.38. The molecule has 3 rings (SSSR count). The number of nitrogens with one attached hydrogen (secondary N) is 1. The molecule has 8 nitrogen and oxygen atoms in total. The van der Waals surface area contributed by atoms with Crippen molar-refractivity contribution in [3.63, 3.8) is 0 Å². The van der Waals surface area contributed by atoms with Crippen molar-refractivity contribution in [3.8, 4) is 11.5 Å². The Balaban J connectivity index is 1.48. The average Bonchev–Trinajstić information content (AvgIpc) is 3.02. The number of rotatable bonds is 6. The van der Waals surface area contributed by atoms with Crippen LogP contribution in [0.4, 0.5) is 0 Å². The summed E-state index contributed by atoms with van der Waals surface area (Å²) in [5, 5.41) is 14.9. The number of benzene rings is 1. The number of hydrogen-bond donors (Lipinski definition) is 1. The molecule has 1 amide bonds. The lowest BCUT2D eigenvalue weighted by molar-refractivity contribution is -0.126. The van der Waals surface area contributed by atoms with Crippen LogP contribution in [0.5, 0.6) is 11.5 Å². The van der Waals surface area contributed by atoms with E-state index >= 15 is 0 Å². The molecule has 2 heterocycles. The standard InChI is InChI=1S/C15H19N5O3S/c1-20-15(17-18-19-20)24-7-6-16-14(21)11-8-10-4-3-5-12(22-2)13(10)23-9-11/h3-5,11H,6-9H2,1-2H3,(H,16,21)/t11-/m1/s1. The second-order valence-corrected chi connectivity index (χ2v) is 6.45. The quantitative estimate of drug-likeness (QED) is 0.606. The summed E-state index contributed by atoms with van der Waals surface area (Å²) in [6, 6.07) is 5.74. The second-order valence-electron chi connectivity index (χ2n) is 5.39. The molecule has 9 heteroatoms. The zero-order valence-corrected chi connectivity index (χ0v) is 14.4. The number of tetrazole rings is 1. The predicted octanol–water partition coefficient (Wildman–Crippen LogP) is 0.678. The highest BCUT2D eigenvalue weighted by Gasteiger charge is 2.27. The highest BCUT2D eigenvalue weighted by molar-refractivity contribution is 7.99. The van der Waals surface area contributed by atoms with Crippen molar-refractivity contribution in [2.24, 2.45) is 13.0 Å². The van der Waals surface area contributed by atoms with Gasteiger partial charge in [0.15, 0.2) is 11.5 Å². The third kappa shape index (κ3) is 3.61. The zero-order valence-electron chi connectivity index (χ0n) is 13.6. The van der Waals surface area contributed by atoms with E-state index in [1.807, 2.05) is 18.2 Å². The summed E-state index contributed by atoms with van der Waals surface area (Å²) in [4.78, 5) is 12.3. The van der Waals surface area contributed by atoms with E-state index in [0.29, 0.717) is 31.1 Å². The molecule has 0 saturated heterocycles. The zero-order chi connectivity index (χ0) is 16.9. The van der Waals surface area contributed by atoms with Gasteiger partial charge in [-0.1, -0.05) is 23.9 Å². The molecule has 2 aromatic rings. The largest absolute Gasteiger partial charge is 0.493 e. The van der Waals surface area contributed by atoms with Gasteiger partial charge in [-0.3, -0.25) is 4.79 Å². The first-order valence-corrected chi connectivity index (χ1v) is 8.59. The molecule has 0 bridgehead atoms. The fourth-order valence-corrected chi connectivity index (χ4v) is 3.23. The fourth-order valence-electron chi connectivity index (χ4n) is 2.53. The number of carbonyl (C=O) groups is 1. The van der Waals surface area contributed by atoms with Crippen molar-refractivity contribution in [1.29, 1.82) is 0 Å². The molecule has 1 N–H and O–H groups in total. The average molecular weight is 349 g/mol. The molecule has 1 aromatic heterocycles. The Morgan fingerprint density at radius 3 is 3.17 bits per heavy atom. The number of aromatic nitrogens is 4. The van der Waals surface area contributed by atoms with Gasteiger partial charge in [0.25, 0.3) is 0 Å². The van der Waals surface area contributed by atoms with Gasteiger partial charge in [0.1, 0.15) is 6.61 Å². The Kier molecular flexibility index (Phi) is 5.19. The van der Waals surface area contributed by atoms with Gasteiger partial charge >= 0.3 is 0 Å². The van der Waals surface area contributed by atoms with Crippen molar-refractivity contribution < 1.29 is 14.3 Å². The Bertz CT molecular complexity index is 721. The minimum absolute atomic E-state index is 0.000148. The number of hydrogen-bond acceptors (Lipinski definition) is 7. The van der Waals surface area contributed by atoms with Gasteiger partial charge in [-0.15, -0.1) is 5.10 Å². The topological polar surface area (TPSA) is 91.2 Å². The number of nitrogens with zero attached hydrogens (tertiary/aromatic N) is 4. The smallest absolute Gasteiger partial charge is 0.226 e. The molecule has 0 saturated carbocycles. The Morgan fingerprint density at radius 2 is 2.42 bits per heavy atom. The third-order valence-electron chi connectivity index (χ3n) is 3.76. The molecule has 128 valence electrons. The van der Waals surface area contributed by atoms with Gasteiger partial charge in [0.05, 0.1) is 13.0 Å². The van der Waals surface area contributed by atoms with E-state index in [1.54, 1.807) is 18.8 Å². The maximum absolute atomic E-state index is 12.3. The molecule has 0 radical (unpaired) electrons. The van der Waals surface area contributed by atoms with E-state index in [2.05, 4.69) is 20.8 Å². The maximum Gasteiger partial charge on any atom is 0.226 e. The third-order valence-corrected chi connectivity index (χ3v) is 4.77. The first-order valence-electron chi connectivity index (χ1n) is 7.60. The highest BCUT2D eigenvalue weighted by atomic mass is 32.2. The maximum atomic E-state index is 12.3. The van der Waals surface area contributed by atoms with E-state index in [1.165, 1.54) is 11.8 Å². The molecule has 1 aromatic carbocycles. The van der Waals surface area contributed by atoms with E-state index in [9.17, 15) is 4.79 Å². The van der Waals surface area contributed by atoms with Gasteiger partial charge in [-0.05, 0) is 28.5 Å². The molecule has 0 spiro atoms. The normalized spacial score (nSPS) is 16.2. The number of methoxy groups -OCH3 is 1. The molecule has 1 aliphatic rings.